The number of esters is 1. The highest BCUT2D eigenvalue weighted by Crippen LogP contribution is 2.30. The summed E-state index contributed by atoms with van der Waals surface area (Å²) in [6, 6.07) is 20.6. The average Bonchev–Trinajstić information content (AvgIpc) is 2.94. The van der Waals surface area contributed by atoms with Gasteiger partial charge in [-0.15, -0.1) is 0 Å². The number of nitro benzene ring substituents is 1. The van der Waals surface area contributed by atoms with Gasteiger partial charge >= 0.3 is 5.97 Å². The Morgan fingerprint density at radius 3 is 2.28 bits per heavy atom. The lowest BCUT2D eigenvalue weighted by Crippen LogP contribution is -2.30. The maximum atomic E-state index is 13.5. The first kappa shape index (κ1) is 27.3. The Balaban J connectivity index is 1.62. The third-order valence-corrected chi connectivity index (χ3v) is 6.39. The molecule has 8 nitrogen and oxygen atoms in total. The number of non-ortho nitro benzene ring substituents is 1. The Labute approximate surface area is 227 Å². The fraction of sp³-hybridized carbons (Fsp3) is 0.103. The summed E-state index contributed by atoms with van der Waals surface area (Å²) < 4.78 is 18.3. The Bertz CT molecular complexity index is 1560. The normalized spacial score (nSPS) is 11.5. The summed E-state index contributed by atoms with van der Waals surface area (Å²) in [5.74, 6) is -2.06. The third-order valence-electron chi connectivity index (χ3n) is 6.10. The number of phenols is 1. The van der Waals surface area contributed by atoms with E-state index in [-0.39, 0.29) is 28.4 Å². The molecule has 4 rings (SSSR count). The monoisotopic (exact) mass is 548 g/mol. The number of methoxy groups -OCH3 is 1. The molecule has 0 heterocycles. The summed E-state index contributed by atoms with van der Waals surface area (Å²) in [6.07, 6.45) is -0.185. The van der Waals surface area contributed by atoms with E-state index >= 15 is 0 Å². The van der Waals surface area contributed by atoms with Gasteiger partial charge in [-0.1, -0.05) is 60.1 Å². The Morgan fingerprint density at radius 2 is 1.62 bits per heavy atom. The number of aromatic hydroxyl groups is 1. The van der Waals surface area contributed by atoms with Crippen LogP contribution in [-0.2, 0) is 9.53 Å². The van der Waals surface area contributed by atoms with Gasteiger partial charge in [0.15, 0.2) is 0 Å². The molecule has 1 unspecified atom stereocenters. The minimum absolute atomic E-state index is 0.0143. The van der Waals surface area contributed by atoms with Crippen LogP contribution in [0.2, 0.25) is 5.02 Å². The highest BCUT2D eigenvalue weighted by molar-refractivity contribution is 6.31. The molecule has 0 aliphatic heterocycles. The predicted octanol–water partition coefficient (Wildman–Crippen LogP) is 6.46. The Kier molecular flexibility index (Phi) is 8.21. The molecule has 0 saturated carbocycles. The topological polar surface area (TPSA) is 119 Å². The fourth-order valence-corrected chi connectivity index (χ4v) is 4.20. The zero-order valence-corrected chi connectivity index (χ0v) is 21.3. The molecule has 0 aliphatic carbocycles. The molecule has 4 aromatic carbocycles. The van der Waals surface area contributed by atoms with Gasteiger partial charge < -0.3 is 15.2 Å². The van der Waals surface area contributed by atoms with Crippen LogP contribution >= 0.6 is 11.6 Å². The molecular formula is C29H22ClFN2O6. The molecule has 0 radical (unpaired) electrons. The molecule has 0 spiro atoms. The number of carbonyl (C=O) groups excluding carboxylic acids is 2. The van der Waals surface area contributed by atoms with E-state index in [1.165, 1.54) is 55.6 Å². The third kappa shape index (κ3) is 6.39. The molecule has 0 aliphatic rings. The lowest BCUT2D eigenvalue weighted by atomic mass is 9.98. The Hall–Kier alpha value is -4.76. The number of nitrogens with zero attached hydrogens (tertiary/aromatic N) is 1. The highest BCUT2D eigenvalue weighted by atomic mass is 35.5. The smallest absolute Gasteiger partial charge is 0.307 e. The number of carbonyl (C=O) groups is 2. The first-order chi connectivity index (χ1) is 18.7. The molecule has 10 heteroatoms. The number of hydrogen-bond acceptors (Lipinski definition) is 6. The van der Waals surface area contributed by atoms with Gasteiger partial charge in [-0.25, -0.2) is 4.39 Å². The summed E-state index contributed by atoms with van der Waals surface area (Å²) in [4.78, 5) is 36.0. The number of ether oxygens (including phenoxy) is 1. The van der Waals surface area contributed by atoms with Gasteiger partial charge in [0.1, 0.15) is 11.6 Å². The molecule has 0 fully saturated rings. The summed E-state index contributed by atoms with van der Waals surface area (Å²) in [6.45, 7) is 0. The van der Waals surface area contributed by atoms with Crippen LogP contribution in [-0.4, -0.2) is 29.0 Å². The van der Waals surface area contributed by atoms with Crippen molar-refractivity contribution >= 4 is 29.2 Å². The van der Waals surface area contributed by atoms with Gasteiger partial charge in [-0.2, -0.15) is 0 Å². The van der Waals surface area contributed by atoms with E-state index in [0.29, 0.717) is 22.3 Å². The average molecular weight is 549 g/mol. The molecule has 0 aromatic heterocycles. The van der Waals surface area contributed by atoms with Crippen LogP contribution in [0.1, 0.15) is 28.4 Å². The molecule has 0 saturated heterocycles. The number of amides is 1. The fourth-order valence-electron chi connectivity index (χ4n) is 4.02. The van der Waals surface area contributed by atoms with E-state index in [0.717, 1.165) is 5.56 Å². The van der Waals surface area contributed by atoms with Gasteiger partial charge in [-0.3, -0.25) is 19.7 Å². The van der Waals surface area contributed by atoms with Crippen molar-refractivity contribution in [1.29, 1.82) is 0 Å². The zero-order chi connectivity index (χ0) is 28.1. The van der Waals surface area contributed by atoms with Crippen LogP contribution < -0.4 is 5.32 Å². The van der Waals surface area contributed by atoms with Crippen LogP contribution in [0, 0.1) is 15.9 Å². The number of nitro groups is 1. The molecule has 1 amide bonds. The molecule has 198 valence electrons. The quantitative estimate of drug-likeness (QED) is 0.148. The second-order valence-electron chi connectivity index (χ2n) is 8.60. The van der Waals surface area contributed by atoms with Crippen LogP contribution in [0.25, 0.3) is 22.3 Å². The van der Waals surface area contributed by atoms with Gasteiger partial charge in [0, 0.05) is 12.1 Å². The van der Waals surface area contributed by atoms with E-state index in [1.54, 1.807) is 36.4 Å². The van der Waals surface area contributed by atoms with Crippen LogP contribution in [0.4, 0.5) is 10.1 Å². The van der Waals surface area contributed by atoms with Gasteiger partial charge in [-0.05, 0) is 52.1 Å². The largest absolute Gasteiger partial charge is 0.507 e. The van der Waals surface area contributed by atoms with Crippen molar-refractivity contribution in [3.8, 4) is 28.0 Å². The number of nitrogens with one attached hydrogen (secondary N) is 1. The van der Waals surface area contributed by atoms with E-state index < -0.39 is 28.7 Å². The van der Waals surface area contributed by atoms with Crippen molar-refractivity contribution in [3.05, 3.63) is 117 Å². The standard InChI is InChI=1S/C29H22ClFN2O6/c1-39-28(35)16-26(18-7-5-17(6-8-18)21-9-11-25(31)24(30)15-21)32-29(36)23-14-20(10-12-27(23)34)19-3-2-4-22(13-19)33(37)38/h2-15,26,34H,16H2,1H3,(H,32,36). The molecule has 39 heavy (non-hydrogen) atoms. The van der Waals surface area contributed by atoms with Crippen molar-refractivity contribution in [2.45, 2.75) is 12.5 Å². The number of phenolic OH excluding ortho intramolecular Hbond substituents is 1. The Morgan fingerprint density at radius 1 is 0.974 bits per heavy atom. The first-order valence-corrected chi connectivity index (χ1v) is 12.0. The van der Waals surface area contributed by atoms with Crippen molar-refractivity contribution in [2.24, 2.45) is 0 Å². The second kappa shape index (κ2) is 11.7. The van der Waals surface area contributed by atoms with Crippen molar-refractivity contribution in [2.75, 3.05) is 7.11 Å². The van der Waals surface area contributed by atoms with Crippen LogP contribution in [0.5, 0.6) is 5.75 Å². The van der Waals surface area contributed by atoms with Crippen molar-refractivity contribution < 1.29 is 28.7 Å². The highest BCUT2D eigenvalue weighted by Gasteiger charge is 2.22. The number of hydrogen-bond donors (Lipinski definition) is 2. The van der Waals surface area contributed by atoms with Crippen LogP contribution in [0.15, 0.2) is 84.9 Å². The maximum Gasteiger partial charge on any atom is 0.307 e. The van der Waals surface area contributed by atoms with E-state index in [9.17, 15) is 29.2 Å². The zero-order valence-electron chi connectivity index (χ0n) is 20.6. The number of halogens is 2. The SMILES string of the molecule is COC(=O)CC(NC(=O)c1cc(-c2cccc([N+](=O)[O-])c2)ccc1O)c1ccc(-c2ccc(F)c(Cl)c2)cc1. The first-order valence-electron chi connectivity index (χ1n) is 11.7. The van der Waals surface area contributed by atoms with Gasteiger partial charge in [0.2, 0.25) is 0 Å². The summed E-state index contributed by atoms with van der Waals surface area (Å²) >= 11 is 5.89. The molecule has 2 N–H and O–H groups in total. The van der Waals surface area contributed by atoms with E-state index in [4.69, 9.17) is 16.3 Å². The van der Waals surface area contributed by atoms with Crippen molar-refractivity contribution in [1.82, 2.24) is 5.32 Å². The van der Waals surface area contributed by atoms with Gasteiger partial charge in [0.05, 0.1) is 35.1 Å². The second-order valence-corrected chi connectivity index (χ2v) is 9.00. The lowest BCUT2D eigenvalue weighted by molar-refractivity contribution is -0.384. The van der Waals surface area contributed by atoms with Crippen LogP contribution in [0.3, 0.4) is 0 Å². The minimum atomic E-state index is -0.809. The van der Waals surface area contributed by atoms with Gasteiger partial charge in [0.25, 0.3) is 11.6 Å². The lowest BCUT2D eigenvalue weighted by Gasteiger charge is -2.19. The van der Waals surface area contributed by atoms with E-state index in [2.05, 4.69) is 5.32 Å². The maximum absolute atomic E-state index is 13.5. The molecular weight excluding hydrogens is 527 g/mol. The summed E-state index contributed by atoms with van der Waals surface area (Å²) in [5.41, 5.74) is 2.78. The number of rotatable bonds is 8. The van der Waals surface area contributed by atoms with Crippen molar-refractivity contribution in [3.63, 3.8) is 0 Å². The predicted molar refractivity (Wildman–Crippen MR) is 144 cm³/mol. The van der Waals surface area contributed by atoms with E-state index in [1.807, 2.05) is 0 Å². The molecule has 4 aromatic rings. The number of benzene rings is 4. The summed E-state index contributed by atoms with van der Waals surface area (Å²) in [5, 5.41) is 24.3. The minimum Gasteiger partial charge on any atom is -0.507 e. The summed E-state index contributed by atoms with van der Waals surface area (Å²) in [7, 11) is 1.23. The molecule has 1 atom stereocenters. The molecule has 0 bridgehead atoms.